The van der Waals surface area contributed by atoms with Crippen LogP contribution in [0.1, 0.15) is 37.0 Å². The number of aryl methyl sites for hydroxylation is 2. The Morgan fingerprint density at radius 3 is 2.42 bits per heavy atom. The lowest BCUT2D eigenvalue weighted by atomic mass is 10.00. The first-order valence-electron chi connectivity index (χ1n) is 8.40. The highest BCUT2D eigenvalue weighted by molar-refractivity contribution is 5.86. The lowest BCUT2D eigenvalue weighted by Gasteiger charge is -2.18. The van der Waals surface area contributed by atoms with E-state index in [4.69, 9.17) is 9.52 Å². The highest BCUT2D eigenvalue weighted by atomic mass is 16.4. The van der Waals surface area contributed by atoms with Crippen molar-refractivity contribution in [1.82, 2.24) is 5.32 Å². The van der Waals surface area contributed by atoms with Crippen molar-refractivity contribution in [2.24, 2.45) is 5.92 Å². The molecule has 0 saturated carbocycles. The molecule has 7 nitrogen and oxygen atoms in total. The second-order valence-corrected chi connectivity index (χ2v) is 6.71. The summed E-state index contributed by atoms with van der Waals surface area (Å²) in [5.41, 5.74) is 1.30. The number of carboxylic acids is 1. The van der Waals surface area contributed by atoms with Gasteiger partial charge in [-0.3, -0.25) is 4.79 Å². The van der Waals surface area contributed by atoms with E-state index < -0.39 is 23.5 Å². The molecule has 140 valence electrons. The summed E-state index contributed by atoms with van der Waals surface area (Å²) in [6, 6.07) is 2.22. The molecule has 1 amide bonds. The Balaban J connectivity index is 2.24. The minimum absolute atomic E-state index is 0.0231. The Labute approximate surface area is 150 Å². The van der Waals surface area contributed by atoms with E-state index in [9.17, 15) is 19.5 Å². The smallest absolute Gasteiger partial charge is 0.339 e. The van der Waals surface area contributed by atoms with Crippen LogP contribution in [0.2, 0.25) is 0 Å². The summed E-state index contributed by atoms with van der Waals surface area (Å²) in [7, 11) is 0. The van der Waals surface area contributed by atoms with Gasteiger partial charge in [-0.15, -0.1) is 0 Å². The van der Waals surface area contributed by atoms with Crippen LogP contribution in [-0.4, -0.2) is 28.1 Å². The van der Waals surface area contributed by atoms with Crippen molar-refractivity contribution in [2.45, 2.75) is 46.6 Å². The Morgan fingerprint density at radius 2 is 1.85 bits per heavy atom. The number of phenolic OH excluding ortho intramolecular Hbond substituents is 1. The van der Waals surface area contributed by atoms with Crippen LogP contribution in [0.25, 0.3) is 11.0 Å². The number of rotatable bonds is 6. The molecule has 0 saturated heterocycles. The van der Waals surface area contributed by atoms with Crippen molar-refractivity contribution in [2.75, 3.05) is 0 Å². The number of hydrogen-bond donors (Lipinski definition) is 3. The van der Waals surface area contributed by atoms with Crippen LogP contribution in [-0.2, 0) is 16.0 Å². The molecule has 1 aromatic heterocycles. The molecule has 1 atom stereocenters. The van der Waals surface area contributed by atoms with Crippen LogP contribution in [0.5, 0.6) is 5.75 Å². The standard InChI is InChI=1S/C19H23NO6/c1-9(2)16(18(23)24)20-15(22)8-6-13-10(3)12-5-7-14(21)11(4)17(12)26-19(13)25/h5,7,9,16,21H,6,8H2,1-4H3,(H,20,22)(H,23,24)/t16-/m0/s1. The summed E-state index contributed by atoms with van der Waals surface area (Å²) in [6.45, 7) is 6.83. The van der Waals surface area contributed by atoms with Gasteiger partial charge in [0.15, 0.2) is 0 Å². The fourth-order valence-corrected chi connectivity index (χ4v) is 2.87. The third-order valence-electron chi connectivity index (χ3n) is 4.53. The second kappa shape index (κ2) is 7.59. The maximum absolute atomic E-state index is 12.3. The Morgan fingerprint density at radius 1 is 1.19 bits per heavy atom. The van der Waals surface area contributed by atoms with E-state index in [1.165, 1.54) is 6.07 Å². The quantitative estimate of drug-likeness (QED) is 0.680. The molecule has 7 heteroatoms. The van der Waals surface area contributed by atoms with Gasteiger partial charge in [0.2, 0.25) is 5.91 Å². The molecular formula is C19H23NO6. The molecule has 2 aromatic rings. The van der Waals surface area contributed by atoms with Crippen LogP contribution >= 0.6 is 0 Å². The van der Waals surface area contributed by atoms with Crippen molar-refractivity contribution in [3.05, 3.63) is 39.2 Å². The number of carboxylic acid groups (broad SMARTS) is 1. The van der Waals surface area contributed by atoms with E-state index in [-0.39, 0.29) is 24.5 Å². The largest absolute Gasteiger partial charge is 0.508 e. The van der Waals surface area contributed by atoms with Gasteiger partial charge in [0.25, 0.3) is 0 Å². The number of carbonyl (C=O) groups is 2. The lowest BCUT2D eigenvalue weighted by molar-refractivity contribution is -0.143. The first-order chi connectivity index (χ1) is 12.1. The lowest BCUT2D eigenvalue weighted by Crippen LogP contribution is -2.44. The van der Waals surface area contributed by atoms with Crippen molar-refractivity contribution in [3.63, 3.8) is 0 Å². The average molecular weight is 361 g/mol. The van der Waals surface area contributed by atoms with Crippen molar-refractivity contribution in [1.29, 1.82) is 0 Å². The SMILES string of the molecule is Cc1c(CCC(=O)N[C@H](C(=O)O)C(C)C)c(=O)oc2c(C)c(O)ccc12. The Kier molecular flexibility index (Phi) is 5.69. The highest BCUT2D eigenvalue weighted by Gasteiger charge is 2.23. The average Bonchev–Trinajstić information content (AvgIpc) is 2.55. The number of hydrogen-bond acceptors (Lipinski definition) is 5. The maximum Gasteiger partial charge on any atom is 0.339 e. The van der Waals surface area contributed by atoms with Gasteiger partial charge < -0.3 is 19.9 Å². The topological polar surface area (TPSA) is 117 Å². The van der Waals surface area contributed by atoms with Crippen LogP contribution in [0, 0.1) is 19.8 Å². The molecule has 0 aliphatic rings. The fraction of sp³-hybridized carbons (Fsp3) is 0.421. The van der Waals surface area contributed by atoms with Gasteiger partial charge in [-0.2, -0.15) is 0 Å². The number of amides is 1. The molecule has 1 aromatic carbocycles. The minimum Gasteiger partial charge on any atom is -0.508 e. The molecule has 26 heavy (non-hydrogen) atoms. The molecule has 0 aliphatic carbocycles. The predicted molar refractivity (Wildman–Crippen MR) is 96.3 cm³/mol. The zero-order chi connectivity index (χ0) is 19.6. The third-order valence-corrected chi connectivity index (χ3v) is 4.53. The molecule has 0 aliphatic heterocycles. The summed E-state index contributed by atoms with van der Waals surface area (Å²) in [5.74, 6) is -1.74. The van der Waals surface area contributed by atoms with E-state index in [0.29, 0.717) is 27.7 Å². The van der Waals surface area contributed by atoms with E-state index in [0.717, 1.165) is 0 Å². The van der Waals surface area contributed by atoms with E-state index >= 15 is 0 Å². The molecule has 3 N–H and O–H groups in total. The molecule has 0 unspecified atom stereocenters. The van der Waals surface area contributed by atoms with Crippen LogP contribution in [0.3, 0.4) is 0 Å². The zero-order valence-corrected chi connectivity index (χ0v) is 15.3. The van der Waals surface area contributed by atoms with E-state index in [1.54, 1.807) is 33.8 Å². The molecule has 2 rings (SSSR count). The summed E-state index contributed by atoms with van der Waals surface area (Å²) in [6.07, 6.45) is 0.116. The molecule has 0 radical (unpaired) electrons. The third kappa shape index (κ3) is 3.87. The monoisotopic (exact) mass is 361 g/mol. The fourth-order valence-electron chi connectivity index (χ4n) is 2.87. The van der Waals surface area contributed by atoms with Gasteiger partial charge in [0, 0.05) is 22.9 Å². The Bertz CT molecular complexity index is 912. The number of phenols is 1. The van der Waals surface area contributed by atoms with Gasteiger partial charge in [0.1, 0.15) is 17.4 Å². The predicted octanol–water partition coefficient (Wildman–Crippen LogP) is 2.27. The number of nitrogens with one attached hydrogen (secondary N) is 1. The van der Waals surface area contributed by atoms with Crippen molar-refractivity contribution < 1.29 is 24.2 Å². The molecule has 0 bridgehead atoms. The molecule has 1 heterocycles. The van der Waals surface area contributed by atoms with Crippen LogP contribution in [0.15, 0.2) is 21.3 Å². The zero-order valence-electron chi connectivity index (χ0n) is 15.3. The molecule has 0 spiro atoms. The van der Waals surface area contributed by atoms with Gasteiger partial charge in [-0.25, -0.2) is 9.59 Å². The Hall–Kier alpha value is -2.83. The highest BCUT2D eigenvalue weighted by Crippen LogP contribution is 2.28. The van der Waals surface area contributed by atoms with Crippen molar-refractivity contribution in [3.8, 4) is 5.75 Å². The maximum atomic E-state index is 12.3. The summed E-state index contributed by atoms with van der Waals surface area (Å²) >= 11 is 0. The van der Waals surface area contributed by atoms with Gasteiger partial charge >= 0.3 is 11.6 Å². The number of fused-ring (bicyclic) bond motifs is 1. The number of carbonyl (C=O) groups excluding carboxylic acids is 1. The number of benzene rings is 1. The van der Waals surface area contributed by atoms with Crippen molar-refractivity contribution >= 4 is 22.8 Å². The number of aromatic hydroxyl groups is 1. The van der Waals surface area contributed by atoms with Gasteiger partial charge in [-0.1, -0.05) is 13.8 Å². The van der Waals surface area contributed by atoms with E-state index in [1.807, 2.05) is 0 Å². The van der Waals surface area contributed by atoms with Crippen LogP contribution < -0.4 is 10.9 Å². The normalized spacial score (nSPS) is 12.3. The van der Waals surface area contributed by atoms with E-state index in [2.05, 4.69) is 5.32 Å². The minimum atomic E-state index is -1.09. The summed E-state index contributed by atoms with van der Waals surface area (Å²) in [4.78, 5) is 35.5. The molecular weight excluding hydrogens is 338 g/mol. The molecule has 0 fully saturated rings. The van der Waals surface area contributed by atoms with Gasteiger partial charge in [0.05, 0.1) is 0 Å². The first-order valence-corrected chi connectivity index (χ1v) is 8.40. The van der Waals surface area contributed by atoms with Gasteiger partial charge in [-0.05, 0) is 43.9 Å². The number of aliphatic carboxylic acids is 1. The van der Waals surface area contributed by atoms with Crippen LogP contribution in [0.4, 0.5) is 0 Å². The second-order valence-electron chi connectivity index (χ2n) is 6.71. The first kappa shape index (κ1) is 19.5. The summed E-state index contributed by atoms with van der Waals surface area (Å²) in [5, 5.41) is 22.1. The summed E-state index contributed by atoms with van der Waals surface area (Å²) < 4.78 is 5.33.